The Bertz CT molecular complexity index is 491. The van der Waals surface area contributed by atoms with Crippen LogP contribution in [0, 0.1) is 0 Å². The molecule has 104 valence electrons. The van der Waals surface area contributed by atoms with E-state index in [9.17, 15) is 0 Å². The molecule has 0 aromatic heterocycles. The van der Waals surface area contributed by atoms with Crippen molar-refractivity contribution in [3.05, 3.63) is 28.2 Å². The lowest BCUT2D eigenvalue weighted by molar-refractivity contribution is 0.0409. The van der Waals surface area contributed by atoms with Gasteiger partial charge in [-0.25, -0.2) is 0 Å². The first kappa shape index (κ1) is 13.4. The van der Waals surface area contributed by atoms with Crippen molar-refractivity contribution in [1.82, 2.24) is 4.90 Å². The summed E-state index contributed by atoms with van der Waals surface area (Å²) >= 11 is 3.51. The number of hydrogen-bond donors (Lipinski definition) is 1. The molecule has 2 unspecified atom stereocenters. The second kappa shape index (κ2) is 4.76. The molecule has 2 aliphatic heterocycles. The summed E-state index contributed by atoms with van der Waals surface area (Å²) in [6.07, 6.45) is 2.00. The molecule has 1 spiro atoms. The van der Waals surface area contributed by atoms with Gasteiger partial charge in [-0.2, -0.15) is 0 Å². The molecule has 2 heterocycles. The summed E-state index contributed by atoms with van der Waals surface area (Å²) in [6, 6.07) is 6.82. The molecule has 2 aliphatic rings. The van der Waals surface area contributed by atoms with E-state index in [1.165, 1.54) is 0 Å². The average molecular weight is 325 g/mol. The monoisotopic (exact) mass is 324 g/mol. The van der Waals surface area contributed by atoms with Crippen LogP contribution in [0.1, 0.15) is 38.3 Å². The van der Waals surface area contributed by atoms with Gasteiger partial charge in [0.2, 0.25) is 0 Å². The number of nitrogens with zero attached hydrogens (tertiary/aromatic N) is 1. The standard InChI is InChI=1S/C15H21BrN2O/c1-10(2)18-6-5-15(9-18)8-13(17)12-4-3-11(16)7-14(12)19-15/h3-4,7,10,13H,5-6,8-9,17H2,1-2H3. The number of nitrogens with two attached hydrogens (primary N) is 1. The van der Waals surface area contributed by atoms with Gasteiger partial charge in [0.05, 0.1) is 0 Å². The Labute approximate surface area is 123 Å². The molecule has 2 N–H and O–H groups in total. The highest BCUT2D eigenvalue weighted by molar-refractivity contribution is 9.10. The zero-order valence-electron chi connectivity index (χ0n) is 11.5. The van der Waals surface area contributed by atoms with E-state index in [4.69, 9.17) is 10.5 Å². The van der Waals surface area contributed by atoms with Crippen LogP contribution >= 0.6 is 15.9 Å². The lowest BCUT2D eigenvalue weighted by Crippen LogP contribution is -2.46. The van der Waals surface area contributed by atoms with Gasteiger partial charge in [-0.1, -0.05) is 22.0 Å². The summed E-state index contributed by atoms with van der Waals surface area (Å²) in [5.74, 6) is 0.957. The Balaban J connectivity index is 1.88. The van der Waals surface area contributed by atoms with Gasteiger partial charge in [0, 0.05) is 48.1 Å². The maximum absolute atomic E-state index is 6.36. The fourth-order valence-corrected chi connectivity index (χ4v) is 3.59. The van der Waals surface area contributed by atoms with E-state index in [2.05, 4.69) is 40.7 Å². The van der Waals surface area contributed by atoms with Crippen LogP contribution in [-0.2, 0) is 0 Å². The first-order chi connectivity index (χ1) is 8.99. The first-order valence-electron chi connectivity index (χ1n) is 6.97. The number of fused-ring (bicyclic) bond motifs is 1. The topological polar surface area (TPSA) is 38.5 Å². The highest BCUT2D eigenvalue weighted by Gasteiger charge is 2.45. The summed E-state index contributed by atoms with van der Waals surface area (Å²) < 4.78 is 7.41. The minimum Gasteiger partial charge on any atom is -0.485 e. The van der Waals surface area contributed by atoms with E-state index in [-0.39, 0.29) is 11.6 Å². The number of ether oxygens (including phenoxy) is 1. The molecular weight excluding hydrogens is 304 g/mol. The molecule has 1 saturated heterocycles. The molecular formula is C15H21BrN2O. The summed E-state index contributed by atoms with van der Waals surface area (Å²) in [4.78, 5) is 2.48. The minimum absolute atomic E-state index is 0.0858. The fourth-order valence-electron chi connectivity index (χ4n) is 3.25. The smallest absolute Gasteiger partial charge is 0.126 e. The number of halogens is 1. The maximum atomic E-state index is 6.36. The summed E-state index contributed by atoms with van der Waals surface area (Å²) in [6.45, 7) is 6.58. The molecule has 1 fully saturated rings. The van der Waals surface area contributed by atoms with E-state index in [1.54, 1.807) is 0 Å². The Hall–Kier alpha value is -0.580. The normalized spacial score (nSPS) is 30.7. The van der Waals surface area contributed by atoms with Crippen LogP contribution in [0.2, 0.25) is 0 Å². The fraction of sp³-hybridized carbons (Fsp3) is 0.600. The van der Waals surface area contributed by atoms with Crippen LogP contribution in [-0.4, -0.2) is 29.6 Å². The lowest BCUT2D eigenvalue weighted by Gasteiger charge is -2.39. The van der Waals surface area contributed by atoms with Crippen molar-refractivity contribution in [2.45, 2.75) is 44.4 Å². The molecule has 0 amide bonds. The molecule has 0 radical (unpaired) electrons. The molecule has 0 bridgehead atoms. The number of likely N-dealkylation sites (tertiary alicyclic amines) is 1. The minimum atomic E-state index is -0.0858. The lowest BCUT2D eigenvalue weighted by atomic mass is 9.87. The van der Waals surface area contributed by atoms with Crippen LogP contribution < -0.4 is 10.5 Å². The first-order valence-corrected chi connectivity index (χ1v) is 7.76. The number of rotatable bonds is 1. The van der Waals surface area contributed by atoms with E-state index in [0.29, 0.717) is 6.04 Å². The zero-order valence-corrected chi connectivity index (χ0v) is 13.1. The van der Waals surface area contributed by atoms with Crippen molar-refractivity contribution >= 4 is 15.9 Å². The van der Waals surface area contributed by atoms with Gasteiger partial charge in [0.15, 0.2) is 0 Å². The summed E-state index contributed by atoms with van der Waals surface area (Å²) in [5.41, 5.74) is 7.41. The second-order valence-corrected chi connectivity index (χ2v) is 7.01. The van der Waals surface area contributed by atoms with Crippen molar-refractivity contribution in [2.75, 3.05) is 13.1 Å². The molecule has 3 nitrogen and oxygen atoms in total. The number of benzene rings is 1. The van der Waals surface area contributed by atoms with E-state index in [1.807, 2.05) is 12.1 Å². The SMILES string of the molecule is CC(C)N1CCC2(CC(N)c3ccc(Br)cc3O2)C1. The quantitative estimate of drug-likeness (QED) is 0.862. The zero-order chi connectivity index (χ0) is 13.6. The van der Waals surface area contributed by atoms with Crippen LogP contribution in [0.25, 0.3) is 0 Å². The third kappa shape index (κ3) is 2.41. The molecule has 4 heteroatoms. The Morgan fingerprint density at radius 1 is 1.47 bits per heavy atom. The molecule has 2 atom stereocenters. The Morgan fingerprint density at radius 3 is 2.95 bits per heavy atom. The predicted octanol–water partition coefficient (Wildman–Crippen LogP) is 3.08. The van der Waals surface area contributed by atoms with E-state index < -0.39 is 0 Å². The highest BCUT2D eigenvalue weighted by Crippen LogP contribution is 2.43. The molecule has 0 aliphatic carbocycles. The molecule has 0 saturated carbocycles. The van der Waals surface area contributed by atoms with Gasteiger partial charge < -0.3 is 10.5 Å². The number of hydrogen-bond acceptors (Lipinski definition) is 3. The van der Waals surface area contributed by atoms with E-state index >= 15 is 0 Å². The molecule has 1 aromatic rings. The van der Waals surface area contributed by atoms with Gasteiger partial charge in [0.25, 0.3) is 0 Å². The van der Waals surface area contributed by atoms with Crippen LogP contribution in [0.5, 0.6) is 5.75 Å². The van der Waals surface area contributed by atoms with Gasteiger partial charge in [-0.05, 0) is 26.0 Å². The van der Waals surface area contributed by atoms with Crippen molar-refractivity contribution < 1.29 is 4.74 Å². The van der Waals surface area contributed by atoms with Gasteiger partial charge in [-0.15, -0.1) is 0 Å². The van der Waals surface area contributed by atoms with Crippen molar-refractivity contribution in [1.29, 1.82) is 0 Å². The second-order valence-electron chi connectivity index (χ2n) is 6.09. The molecule has 3 rings (SSSR count). The predicted molar refractivity (Wildman–Crippen MR) is 80.4 cm³/mol. The largest absolute Gasteiger partial charge is 0.485 e. The van der Waals surface area contributed by atoms with Crippen LogP contribution in [0.15, 0.2) is 22.7 Å². The average Bonchev–Trinajstić information content (AvgIpc) is 2.72. The van der Waals surface area contributed by atoms with Gasteiger partial charge in [-0.3, -0.25) is 4.90 Å². The van der Waals surface area contributed by atoms with Crippen molar-refractivity contribution in [3.63, 3.8) is 0 Å². The van der Waals surface area contributed by atoms with Crippen LogP contribution in [0.3, 0.4) is 0 Å². The van der Waals surface area contributed by atoms with Crippen molar-refractivity contribution in [3.8, 4) is 5.75 Å². The summed E-state index contributed by atoms with van der Waals surface area (Å²) in [7, 11) is 0. The highest BCUT2D eigenvalue weighted by atomic mass is 79.9. The molecule has 1 aromatic carbocycles. The van der Waals surface area contributed by atoms with Crippen LogP contribution in [0.4, 0.5) is 0 Å². The maximum Gasteiger partial charge on any atom is 0.126 e. The Morgan fingerprint density at radius 2 is 2.26 bits per heavy atom. The van der Waals surface area contributed by atoms with E-state index in [0.717, 1.165) is 41.7 Å². The Kier molecular flexibility index (Phi) is 3.36. The third-order valence-electron chi connectivity index (χ3n) is 4.37. The van der Waals surface area contributed by atoms with Crippen molar-refractivity contribution in [2.24, 2.45) is 5.73 Å². The van der Waals surface area contributed by atoms with Gasteiger partial charge >= 0.3 is 0 Å². The summed E-state index contributed by atoms with van der Waals surface area (Å²) in [5, 5.41) is 0. The van der Waals surface area contributed by atoms with Gasteiger partial charge in [0.1, 0.15) is 11.4 Å². The third-order valence-corrected chi connectivity index (χ3v) is 4.86. The molecule has 19 heavy (non-hydrogen) atoms.